The first-order valence-corrected chi connectivity index (χ1v) is 6.71. The first-order valence-electron chi connectivity index (χ1n) is 5.90. The van der Waals surface area contributed by atoms with Crippen LogP contribution in [-0.4, -0.2) is 15.8 Å². The molecule has 0 saturated carbocycles. The van der Waals surface area contributed by atoms with E-state index in [9.17, 15) is 10.1 Å². The number of nitriles is 1. The lowest BCUT2D eigenvalue weighted by molar-refractivity contribution is 0.0951. The highest BCUT2D eigenvalue weighted by Crippen LogP contribution is 2.29. The summed E-state index contributed by atoms with van der Waals surface area (Å²) in [4.78, 5) is 20.6. The molecule has 0 spiro atoms. The SMILES string of the molecule is Cc1ncoc1C(=O)[C@@H](C#N)c1nc2ccccc2s1. The van der Waals surface area contributed by atoms with Crippen LogP contribution >= 0.6 is 11.3 Å². The van der Waals surface area contributed by atoms with Gasteiger partial charge < -0.3 is 4.42 Å². The minimum absolute atomic E-state index is 0.121. The largest absolute Gasteiger partial charge is 0.440 e. The number of aromatic nitrogens is 2. The van der Waals surface area contributed by atoms with Gasteiger partial charge in [0.1, 0.15) is 5.01 Å². The summed E-state index contributed by atoms with van der Waals surface area (Å²) in [5, 5.41) is 9.78. The predicted octanol–water partition coefficient (Wildman–Crippen LogP) is 3.08. The molecule has 98 valence electrons. The second-order valence-electron chi connectivity index (χ2n) is 4.21. The first-order chi connectivity index (χ1) is 9.70. The summed E-state index contributed by atoms with van der Waals surface area (Å²) in [5.41, 5.74) is 1.27. The molecule has 3 rings (SSSR count). The van der Waals surface area contributed by atoms with Gasteiger partial charge in [0.25, 0.3) is 0 Å². The molecule has 0 saturated heterocycles. The lowest BCUT2D eigenvalue weighted by Crippen LogP contribution is -2.11. The number of Topliss-reactive ketones (excluding diaryl/α,β-unsaturated/α-hetero) is 1. The molecule has 0 bridgehead atoms. The third-order valence-corrected chi connectivity index (χ3v) is 4.02. The van der Waals surface area contributed by atoms with Crippen molar-refractivity contribution in [2.24, 2.45) is 0 Å². The zero-order valence-corrected chi connectivity index (χ0v) is 11.3. The molecule has 0 N–H and O–H groups in total. The third-order valence-electron chi connectivity index (χ3n) is 2.92. The van der Waals surface area contributed by atoms with Crippen molar-refractivity contribution in [2.75, 3.05) is 0 Å². The van der Waals surface area contributed by atoms with Crippen LogP contribution in [0.15, 0.2) is 35.1 Å². The van der Waals surface area contributed by atoms with Crippen LogP contribution in [0.3, 0.4) is 0 Å². The number of thiazole rings is 1. The first kappa shape index (κ1) is 12.5. The molecule has 0 unspecified atom stereocenters. The van der Waals surface area contributed by atoms with Crippen molar-refractivity contribution in [2.45, 2.75) is 12.8 Å². The minimum Gasteiger partial charge on any atom is -0.440 e. The van der Waals surface area contributed by atoms with Gasteiger partial charge in [0.15, 0.2) is 18.1 Å². The highest BCUT2D eigenvalue weighted by molar-refractivity contribution is 7.18. The maximum atomic E-state index is 12.3. The van der Waals surface area contributed by atoms with Gasteiger partial charge in [-0.2, -0.15) is 5.26 Å². The highest BCUT2D eigenvalue weighted by Gasteiger charge is 2.29. The topological polar surface area (TPSA) is 79.8 Å². The van der Waals surface area contributed by atoms with Gasteiger partial charge in [-0.05, 0) is 19.1 Å². The Kier molecular flexibility index (Phi) is 3.05. The Labute approximate surface area is 118 Å². The second kappa shape index (κ2) is 4.87. The van der Waals surface area contributed by atoms with Gasteiger partial charge in [-0.25, -0.2) is 9.97 Å². The average Bonchev–Trinajstić information content (AvgIpc) is 3.05. The van der Waals surface area contributed by atoms with E-state index in [4.69, 9.17) is 4.42 Å². The van der Waals surface area contributed by atoms with Gasteiger partial charge in [-0.15, -0.1) is 11.3 Å². The maximum absolute atomic E-state index is 12.3. The lowest BCUT2D eigenvalue weighted by atomic mass is 10.0. The molecule has 0 aliphatic carbocycles. The number of hydrogen-bond acceptors (Lipinski definition) is 6. The normalized spacial score (nSPS) is 12.2. The van der Waals surface area contributed by atoms with Crippen molar-refractivity contribution < 1.29 is 9.21 Å². The summed E-state index contributed by atoms with van der Waals surface area (Å²) < 4.78 is 6.02. The number of oxazole rings is 1. The minimum atomic E-state index is -0.959. The van der Waals surface area contributed by atoms with E-state index in [1.54, 1.807) is 6.92 Å². The van der Waals surface area contributed by atoms with Gasteiger partial charge >= 0.3 is 0 Å². The van der Waals surface area contributed by atoms with Crippen molar-refractivity contribution >= 4 is 27.3 Å². The Morgan fingerprint density at radius 2 is 2.25 bits per heavy atom. The van der Waals surface area contributed by atoms with Crippen LogP contribution < -0.4 is 0 Å². The summed E-state index contributed by atoms with van der Waals surface area (Å²) in [7, 11) is 0. The predicted molar refractivity (Wildman–Crippen MR) is 73.5 cm³/mol. The van der Waals surface area contributed by atoms with Crippen LogP contribution in [0, 0.1) is 18.3 Å². The van der Waals surface area contributed by atoms with E-state index in [0.717, 1.165) is 10.2 Å². The molecule has 6 heteroatoms. The van der Waals surface area contributed by atoms with Crippen LogP contribution in [0.2, 0.25) is 0 Å². The number of carbonyl (C=O) groups excluding carboxylic acids is 1. The maximum Gasteiger partial charge on any atom is 0.224 e. The quantitative estimate of drug-likeness (QED) is 0.690. The fourth-order valence-electron chi connectivity index (χ4n) is 1.91. The van der Waals surface area contributed by atoms with E-state index in [2.05, 4.69) is 9.97 Å². The van der Waals surface area contributed by atoms with Gasteiger partial charge in [0.05, 0.1) is 22.0 Å². The Hall–Kier alpha value is -2.52. The molecule has 0 aliphatic heterocycles. The second-order valence-corrected chi connectivity index (χ2v) is 5.28. The van der Waals surface area contributed by atoms with Crippen molar-refractivity contribution in [3.05, 3.63) is 47.1 Å². The van der Waals surface area contributed by atoms with Crippen molar-refractivity contribution in [3.63, 3.8) is 0 Å². The Balaban J connectivity index is 2.04. The molecule has 1 atom stereocenters. The summed E-state index contributed by atoms with van der Waals surface area (Å²) >= 11 is 1.34. The molecule has 5 nitrogen and oxygen atoms in total. The van der Waals surface area contributed by atoms with Gasteiger partial charge in [0.2, 0.25) is 5.78 Å². The number of hydrogen-bond donors (Lipinski definition) is 0. The molecular formula is C14H9N3O2S. The molecule has 0 aliphatic rings. The van der Waals surface area contributed by atoms with E-state index in [-0.39, 0.29) is 5.76 Å². The fraction of sp³-hybridized carbons (Fsp3) is 0.143. The Morgan fingerprint density at radius 1 is 1.45 bits per heavy atom. The fourth-order valence-corrected chi connectivity index (χ4v) is 2.92. The number of nitrogens with zero attached hydrogens (tertiary/aromatic N) is 3. The standard InChI is InChI=1S/C14H9N3O2S/c1-8-13(19-7-16-8)12(18)9(6-15)14-17-10-4-2-3-5-11(10)20-14/h2-5,7,9H,1H3/t9-/m1/s1. The zero-order chi connectivity index (χ0) is 14.1. The number of rotatable bonds is 3. The van der Waals surface area contributed by atoms with Gasteiger partial charge in [0, 0.05) is 0 Å². The summed E-state index contributed by atoms with van der Waals surface area (Å²) in [6, 6.07) is 9.54. The lowest BCUT2D eigenvalue weighted by Gasteiger charge is -2.02. The molecule has 0 radical (unpaired) electrons. The Bertz CT molecular complexity index is 795. The van der Waals surface area contributed by atoms with E-state index >= 15 is 0 Å². The number of para-hydroxylation sites is 1. The number of benzene rings is 1. The smallest absolute Gasteiger partial charge is 0.224 e. The van der Waals surface area contributed by atoms with Crippen LogP contribution in [-0.2, 0) is 0 Å². The molecule has 2 aromatic heterocycles. The van der Waals surface area contributed by atoms with Gasteiger partial charge in [-0.1, -0.05) is 12.1 Å². The number of ketones is 1. The monoisotopic (exact) mass is 283 g/mol. The van der Waals surface area contributed by atoms with E-state index in [0.29, 0.717) is 10.7 Å². The highest BCUT2D eigenvalue weighted by atomic mass is 32.1. The number of carbonyl (C=O) groups is 1. The molecule has 20 heavy (non-hydrogen) atoms. The zero-order valence-electron chi connectivity index (χ0n) is 10.5. The van der Waals surface area contributed by atoms with E-state index < -0.39 is 11.7 Å². The summed E-state index contributed by atoms with van der Waals surface area (Å²) in [6.45, 7) is 1.67. The van der Waals surface area contributed by atoms with E-state index in [1.807, 2.05) is 30.3 Å². The molecule has 0 amide bonds. The number of fused-ring (bicyclic) bond motifs is 1. The van der Waals surface area contributed by atoms with Gasteiger partial charge in [-0.3, -0.25) is 4.79 Å². The molecule has 1 aromatic carbocycles. The molecule has 3 aromatic rings. The summed E-state index contributed by atoms with van der Waals surface area (Å²) in [5.74, 6) is -1.24. The van der Waals surface area contributed by atoms with E-state index in [1.165, 1.54) is 17.7 Å². The van der Waals surface area contributed by atoms with Crippen LogP contribution in [0.25, 0.3) is 10.2 Å². The van der Waals surface area contributed by atoms with Crippen molar-refractivity contribution in [1.29, 1.82) is 5.26 Å². The van der Waals surface area contributed by atoms with Crippen molar-refractivity contribution in [3.8, 4) is 6.07 Å². The average molecular weight is 283 g/mol. The molecule has 2 heterocycles. The van der Waals surface area contributed by atoms with Crippen LogP contribution in [0.5, 0.6) is 0 Å². The van der Waals surface area contributed by atoms with Crippen LogP contribution in [0.1, 0.15) is 27.2 Å². The molecular weight excluding hydrogens is 274 g/mol. The summed E-state index contributed by atoms with van der Waals surface area (Å²) in [6.07, 6.45) is 1.20. The Morgan fingerprint density at radius 3 is 2.90 bits per heavy atom. The van der Waals surface area contributed by atoms with Crippen LogP contribution in [0.4, 0.5) is 0 Å². The molecule has 0 fully saturated rings. The number of aryl methyl sites for hydroxylation is 1. The van der Waals surface area contributed by atoms with Crippen molar-refractivity contribution in [1.82, 2.24) is 9.97 Å². The third kappa shape index (κ3) is 1.98.